The molecule has 0 aromatic carbocycles. The number of hydrogen-bond acceptors (Lipinski definition) is 6. The predicted molar refractivity (Wildman–Crippen MR) is 87.1 cm³/mol. The molecule has 0 fully saturated rings. The molecule has 4 N–H and O–H groups in total. The van der Waals surface area contributed by atoms with Gasteiger partial charge in [-0.25, -0.2) is 4.79 Å². The molecule has 0 amide bonds. The molecule has 0 saturated heterocycles. The number of imidazole rings is 1. The smallest absolute Gasteiger partial charge is 0.328 e. The number of fused-ring (bicyclic) bond motifs is 1. The average molecular weight is 337 g/mol. The number of nitrogens with one attached hydrogen (secondary N) is 1. The maximum absolute atomic E-state index is 12.2. The number of rotatable bonds is 2. The van der Waals surface area contributed by atoms with E-state index in [9.17, 15) is 10.0 Å². The van der Waals surface area contributed by atoms with Crippen molar-refractivity contribution in [3.8, 4) is 0 Å². The number of hydrogen-bond donors (Lipinski definition) is 3. The summed E-state index contributed by atoms with van der Waals surface area (Å²) in [6, 6.07) is 0. The Labute approximate surface area is 136 Å². The lowest BCUT2D eigenvalue weighted by molar-refractivity contribution is -0.0538. The fraction of sp³-hybridized carbons (Fsp3) is 0.357. The second-order valence-corrected chi connectivity index (χ2v) is 5.98. The Morgan fingerprint density at radius 1 is 1.30 bits per heavy atom. The van der Waals surface area contributed by atoms with Gasteiger partial charge in [-0.2, -0.15) is 9.97 Å². The topological polar surface area (TPSA) is 113 Å². The Kier molecular flexibility index (Phi) is 3.65. The van der Waals surface area contributed by atoms with Gasteiger partial charge >= 0.3 is 5.69 Å². The number of H-pyrrole nitrogens is 1. The van der Waals surface area contributed by atoms with E-state index in [1.54, 1.807) is 0 Å². The van der Waals surface area contributed by atoms with Gasteiger partial charge in [0, 0.05) is 0 Å². The number of nitrogens with two attached hydrogens (primary N) is 1. The quantitative estimate of drug-likeness (QED) is 0.719. The number of aromatic nitrogens is 4. The summed E-state index contributed by atoms with van der Waals surface area (Å²) in [6.45, 7) is 6.41. The average Bonchev–Trinajstić information content (AvgIpc) is 2.78. The summed E-state index contributed by atoms with van der Waals surface area (Å²) >= 11 is 6.00. The molecule has 0 saturated carbocycles. The predicted octanol–water partition coefficient (Wildman–Crippen LogP) is 1.67. The first-order chi connectivity index (χ1) is 10.8. The van der Waals surface area contributed by atoms with Crippen LogP contribution >= 0.6 is 11.6 Å². The van der Waals surface area contributed by atoms with Gasteiger partial charge in [0.15, 0.2) is 10.8 Å². The minimum atomic E-state index is -0.389. The van der Waals surface area contributed by atoms with Crippen molar-refractivity contribution >= 4 is 28.7 Å². The van der Waals surface area contributed by atoms with Crippen molar-refractivity contribution in [2.45, 2.75) is 27.3 Å². The van der Waals surface area contributed by atoms with Crippen molar-refractivity contribution in [3.63, 3.8) is 0 Å². The van der Waals surface area contributed by atoms with E-state index in [2.05, 4.69) is 15.0 Å². The van der Waals surface area contributed by atoms with E-state index in [0.29, 0.717) is 23.4 Å². The normalized spacial score (nSPS) is 16.0. The summed E-state index contributed by atoms with van der Waals surface area (Å²) in [5.74, 6) is -0.0163. The highest BCUT2D eigenvalue weighted by atomic mass is 35.5. The first kappa shape index (κ1) is 15.6. The SMILES string of the molecule is CC1=C(C)C(C)=C(Cn2c(=O)[nH]c3c(Cl)nc(N)nc32)N(O)C1. The van der Waals surface area contributed by atoms with Gasteiger partial charge in [0.25, 0.3) is 0 Å². The third-order valence-electron chi connectivity index (χ3n) is 4.24. The van der Waals surface area contributed by atoms with Gasteiger partial charge in [0.1, 0.15) is 5.52 Å². The minimum absolute atomic E-state index is 0.0163. The molecule has 2 aromatic heterocycles. The molecule has 0 unspecified atom stereocenters. The van der Waals surface area contributed by atoms with Gasteiger partial charge < -0.3 is 10.7 Å². The summed E-state index contributed by atoms with van der Waals surface area (Å²) in [6.07, 6.45) is 0. The number of halogens is 1. The highest BCUT2D eigenvalue weighted by Crippen LogP contribution is 2.27. The Bertz CT molecular complexity index is 923. The zero-order valence-electron chi connectivity index (χ0n) is 13.0. The molecule has 1 aliphatic rings. The van der Waals surface area contributed by atoms with Crippen LogP contribution in [0.2, 0.25) is 5.15 Å². The van der Waals surface area contributed by atoms with Crippen molar-refractivity contribution in [1.82, 2.24) is 24.6 Å². The molecule has 8 nitrogen and oxygen atoms in total. The minimum Gasteiger partial charge on any atom is -0.368 e. The number of nitrogen functional groups attached to an aromatic ring is 1. The highest BCUT2D eigenvalue weighted by molar-refractivity contribution is 6.33. The van der Waals surface area contributed by atoms with E-state index < -0.39 is 0 Å². The Morgan fingerprint density at radius 2 is 2.00 bits per heavy atom. The van der Waals surface area contributed by atoms with Crippen LogP contribution in [-0.4, -0.2) is 36.3 Å². The Balaban J connectivity index is 2.16. The molecule has 9 heteroatoms. The van der Waals surface area contributed by atoms with Crippen molar-refractivity contribution in [2.75, 3.05) is 12.3 Å². The molecule has 0 aliphatic carbocycles. The molecule has 122 valence electrons. The van der Waals surface area contributed by atoms with Gasteiger partial charge in [0.05, 0.1) is 18.8 Å². The Hall–Kier alpha value is -2.32. The van der Waals surface area contributed by atoms with Crippen molar-refractivity contribution < 1.29 is 5.21 Å². The largest absolute Gasteiger partial charge is 0.368 e. The summed E-state index contributed by atoms with van der Waals surface area (Å²) in [7, 11) is 0. The monoisotopic (exact) mass is 336 g/mol. The standard InChI is InChI=1S/C14H17ClN6O2/c1-6-4-21(23)9(8(3)7(6)2)5-20-12-10(17-14(20)22)11(15)18-13(16)19-12/h23H,4-5H2,1-3H3,(H,17,22)(H2,16,18,19). The number of anilines is 1. The second kappa shape index (κ2) is 5.39. The van der Waals surface area contributed by atoms with Crippen LogP contribution in [0.3, 0.4) is 0 Å². The summed E-state index contributed by atoms with van der Waals surface area (Å²) < 4.78 is 1.38. The molecule has 0 spiro atoms. The van der Waals surface area contributed by atoms with E-state index >= 15 is 0 Å². The third kappa shape index (κ3) is 2.49. The lowest BCUT2D eigenvalue weighted by Crippen LogP contribution is -2.31. The third-order valence-corrected chi connectivity index (χ3v) is 4.51. The van der Waals surface area contributed by atoms with Gasteiger partial charge in [-0.3, -0.25) is 14.8 Å². The summed E-state index contributed by atoms with van der Waals surface area (Å²) in [4.78, 5) is 22.8. The van der Waals surface area contributed by atoms with Crippen LogP contribution in [0.1, 0.15) is 20.8 Å². The molecule has 3 rings (SSSR count). The van der Waals surface area contributed by atoms with Crippen molar-refractivity contribution in [2.24, 2.45) is 0 Å². The molecular formula is C14H17ClN6O2. The van der Waals surface area contributed by atoms with Crippen LogP contribution < -0.4 is 11.4 Å². The van der Waals surface area contributed by atoms with E-state index in [4.69, 9.17) is 17.3 Å². The zero-order chi connectivity index (χ0) is 16.9. The first-order valence-corrected chi connectivity index (χ1v) is 7.41. The fourth-order valence-corrected chi connectivity index (χ4v) is 2.90. The van der Waals surface area contributed by atoms with Crippen molar-refractivity contribution in [1.29, 1.82) is 0 Å². The van der Waals surface area contributed by atoms with Crippen LogP contribution in [-0.2, 0) is 6.54 Å². The molecule has 0 radical (unpaired) electrons. The molecular weight excluding hydrogens is 320 g/mol. The summed E-state index contributed by atoms with van der Waals surface area (Å²) in [5.41, 5.74) is 9.59. The fourth-order valence-electron chi connectivity index (χ4n) is 2.68. The van der Waals surface area contributed by atoms with Crippen LogP contribution in [0.25, 0.3) is 11.2 Å². The van der Waals surface area contributed by atoms with E-state index in [-0.39, 0.29) is 23.3 Å². The molecule has 1 aliphatic heterocycles. The lowest BCUT2D eigenvalue weighted by atomic mass is 9.98. The Morgan fingerprint density at radius 3 is 2.70 bits per heavy atom. The van der Waals surface area contributed by atoms with Gasteiger partial charge in [-0.05, 0) is 37.5 Å². The summed E-state index contributed by atoms with van der Waals surface area (Å²) in [5, 5.41) is 11.5. The van der Waals surface area contributed by atoms with Crippen molar-refractivity contribution in [3.05, 3.63) is 38.1 Å². The van der Waals surface area contributed by atoms with Gasteiger partial charge in [-0.1, -0.05) is 11.6 Å². The maximum atomic E-state index is 12.2. The van der Waals surface area contributed by atoms with Crippen LogP contribution in [0.15, 0.2) is 27.2 Å². The zero-order valence-corrected chi connectivity index (χ0v) is 13.8. The van der Waals surface area contributed by atoms with E-state index in [1.165, 1.54) is 4.57 Å². The maximum Gasteiger partial charge on any atom is 0.328 e. The number of nitrogens with zero attached hydrogens (tertiary/aromatic N) is 4. The van der Waals surface area contributed by atoms with Gasteiger partial charge in [0.2, 0.25) is 5.95 Å². The van der Waals surface area contributed by atoms with E-state index in [0.717, 1.165) is 21.8 Å². The highest BCUT2D eigenvalue weighted by Gasteiger charge is 2.22. The first-order valence-electron chi connectivity index (χ1n) is 7.04. The second-order valence-electron chi connectivity index (χ2n) is 5.62. The number of hydroxylamine groups is 2. The van der Waals surface area contributed by atoms with E-state index in [1.807, 2.05) is 20.8 Å². The van der Waals surface area contributed by atoms with Crippen LogP contribution in [0, 0.1) is 0 Å². The van der Waals surface area contributed by atoms with Crippen LogP contribution in [0.5, 0.6) is 0 Å². The molecule has 2 aromatic rings. The van der Waals surface area contributed by atoms with Gasteiger partial charge in [-0.15, -0.1) is 0 Å². The van der Waals surface area contributed by atoms with Crippen LogP contribution in [0.4, 0.5) is 5.95 Å². The number of aromatic amines is 1. The molecule has 0 atom stereocenters. The molecule has 3 heterocycles. The molecule has 0 bridgehead atoms. The lowest BCUT2D eigenvalue weighted by Gasteiger charge is -2.29. The molecule has 23 heavy (non-hydrogen) atoms. The number of allylic oxidation sites excluding steroid dienone is 3.